The number of carbonyl (C=O) groups is 1. The number of para-hydroxylation sites is 2. The predicted octanol–water partition coefficient (Wildman–Crippen LogP) is 4.61. The molecule has 0 saturated carbocycles. The molecule has 0 aliphatic heterocycles. The minimum atomic E-state index is -0.566. The standard InChI is InChI=1S/C24H18N4O/c25-15-20-11-7-8-14-23(20)27-24(29)21(16-26)18-28(22-12-5-2-6-13-22)17-19-9-3-1-4-10-19/h1-14,18H,17H2,(H,27,29)/b21-18-. The summed E-state index contributed by atoms with van der Waals surface area (Å²) in [6.45, 7) is 0.498. The van der Waals surface area contributed by atoms with Crippen LogP contribution in [0.1, 0.15) is 11.1 Å². The third kappa shape index (κ3) is 5.09. The summed E-state index contributed by atoms with van der Waals surface area (Å²) in [7, 11) is 0. The number of anilines is 2. The topological polar surface area (TPSA) is 79.9 Å². The second-order valence-electron chi connectivity index (χ2n) is 6.22. The van der Waals surface area contributed by atoms with Gasteiger partial charge in [0.1, 0.15) is 17.7 Å². The third-order valence-electron chi connectivity index (χ3n) is 4.23. The number of nitrogens with one attached hydrogen (secondary N) is 1. The van der Waals surface area contributed by atoms with Gasteiger partial charge in [0.25, 0.3) is 5.91 Å². The van der Waals surface area contributed by atoms with Crippen molar-refractivity contribution in [3.8, 4) is 12.1 Å². The lowest BCUT2D eigenvalue weighted by Gasteiger charge is -2.21. The van der Waals surface area contributed by atoms with Crippen molar-refractivity contribution in [1.82, 2.24) is 0 Å². The SMILES string of the molecule is N#C/C(=C/N(Cc1ccccc1)c1ccccc1)C(=O)Nc1ccccc1C#N. The summed E-state index contributed by atoms with van der Waals surface area (Å²) in [6, 6.07) is 30.0. The zero-order chi connectivity index (χ0) is 20.5. The molecule has 0 aromatic heterocycles. The van der Waals surface area contributed by atoms with Crippen molar-refractivity contribution >= 4 is 17.3 Å². The van der Waals surface area contributed by atoms with Crippen molar-refractivity contribution in [1.29, 1.82) is 10.5 Å². The number of rotatable bonds is 6. The maximum atomic E-state index is 12.7. The van der Waals surface area contributed by atoms with Crippen molar-refractivity contribution < 1.29 is 4.79 Å². The summed E-state index contributed by atoms with van der Waals surface area (Å²) in [5, 5.41) is 21.4. The van der Waals surface area contributed by atoms with Crippen LogP contribution in [0.25, 0.3) is 0 Å². The summed E-state index contributed by atoms with van der Waals surface area (Å²) < 4.78 is 0. The van der Waals surface area contributed by atoms with E-state index < -0.39 is 5.91 Å². The largest absolute Gasteiger partial charge is 0.342 e. The summed E-state index contributed by atoms with van der Waals surface area (Å²) in [5.41, 5.74) is 2.55. The fraction of sp³-hybridized carbons (Fsp3) is 0.0417. The molecule has 0 bridgehead atoms. The third-order valence-corrected chi connectivity index (χ3v) is 4.23. The normalized spacial score (nSPS) is 10.5. The van der Waals surface area contributed by atoms with E-state index in [1.54, 1.807) is 24.3 Å². The molecule has 0 heterocycles. The molecule has 0 aliphatic carbocycles. The van der Waals surface area contributed by atoms with Gasteiger partial charge in [-0.05, 0) is 29.8 Å². The van der Waals surface area contributed by atoms with Crippen LogP contribution in [0.3, 0.4) is 0 Å². The fourth-order valence-corrected chi connectivity index (χ4v) is 2.78. The Morgan fingerprint density at radius 1 is 0.897 bits per heavy atom. The molecule has 0 spiro atoms. The highest BCUT2D eigenvalue weighted by atomic mass is 16.1. The Morgan fingerprint density at radius 3 is 2.17 bits per heavy atom. The molecule has 0 aliphatic rings. The van der Waals surface area contributed by atoms with Gasteiger partial charge in [0, 0.05) is 18.4 Å². The molecule has 5 heteroatoms. The molecular formula is C24H18N4O. The molecule has 3 aromatic carbocycles. The van der Waals surface area contributed by atoms with E-state index in [0.717, 1.165) is 11.3 Å². The van der Waals surface area contributed by atoms with E-state index in [9.17, 15) is 15.3 Å². The van der Waals surface area contributed by atoms with Gasteiger partial charge in [-0.15, -0.1) is 0 Å². The average molecular weight is 378 g/mol. The van der Waals surface area contributed by atoms with Gasteiger partial charge in [-0.1, -0.05) is 60.7 Å². The molecule has 0 fully saturated rings. The zero-order valence-electron chi connectivity index (χ0n) is 15.6. The molecule has 29 heavy (non-hydrogen) atoms. The monoisotopic (exact) mass is 378 g/mol. The van der Waals surface area contributed by atoms with E-state index in [0.29, 0.717) is 17.8 Å². The lowest BCUT2D eigenvalue weighted by molar-refractivity contribution is -0.112. The fourth-order valence-electron chi connectivity index (χ4n) is 2.78. The van der Waals surface area contributed by atoms with E-state index in [4.69, 9.17) is 0 Å². The van der Waals surface area contributed by atoms with E-state index in [1.165, 1.54) is 6.20 Å². The van der Waals surface area contributed by atoms with Crippen LogP contribution in [-0.4, -0.2) is 5.91 Å². The van der Waals surface area contributed by atoms with Crippen molar-refractivity contribution in [3.63, 3.8) is 0 Å². The van der Waals surface area contributed by atoms with E-state index in [1.807, 2.05) is 77.7 Å². The molecule has 5 nitrogen and oxygen atoms in total. The number of hydrogen-bond donors (Lipinski definition) is 1. The number of nitriles is 2. The maximum absolute atomic E-state index is 12.7. The second kappa shape index (κ2) is 9.55. The molecule has 0 saturated heterocycles. The van der Waals surface area contributed by atoms with Crippen LogP contribution in [-0.2, 0) is 11.3 Å². The lowest BCUT2D eigenvalue weighted by Crippen LogP contribution is -2.21. The Balaban J connectivity index is 1.90. The van der Waals surface area contributed by atoms with Crippen LogP contribution < -0.4 is 10.2 Å². The van der Waals surface area contributed by atoms with Crippen LogP contribution in [0, 0.1) is 22.7 Å². The van der Waals surface area contributed by atoms with E-state index in [2.05, 4.69) is 5.32 Å². The van der Waals surface area contributed by atoms with Crippen molar-refractivity contribution in [2.45, 2.75) is 6.54 Å². The summed E-state index contributed by atoms with van der Waals surface area (Å²) >= 11 is 0. The Morgan fingerprint density at radius 2 is 1.52 bits per heavy atom. The molecule has 3 aromatic rings. The van der Waals surface area contributed by atoms with Gasteiger partial charge in [0.2, 0.25) is 0 Å². The van der Waals surface area contributed by atoms with Crippen molar-refractivity contribution in [2.75, 3.05) is 10.2 Å². The van der Waals surface area contributed by atoms with Crippen molar-refractivity contribution in [3.05, 3.63) is 108 Å². The number of amides is 1. The summed E-state index contributed by atoms with van der Waals surface area (Å²) in [4.78, 5) is 14.5. The van der Waals surface area contributed by atoms with Gasteiger partial charge in [-0.25, -0.2) is 0 Å². The maximum Gasteiger partial charge on any atom is 0.267 e. The van der Waals surface area contributed by atoms with Gasteiger partial charge >= 0.3 is 0 Å². The highest BCUT2D eigenvalue weighted by molar-refractivity contribution is 6.07. The second-order valence-corrected chi connectivity index (χ2v) is 6.22. The Hall–Kier alpha value is -4.35. The lowest BCUT2D eigenvalue weighted by atomic mass is 10.1. The first-order valence-electron chi connectivity index (χ1n) is 8.99. The molecule has 1 amide bonds. The molecule has 1 N–H and O–H groups in total. The molecule has 140 valence electrons. The zero-order valence-corrected chi connectivity index (χ0v) is 15.6. The van der Waals surface area contributed by atoms with Crippen molar-refractivity contribution in [2.24, 2.45) is 0 Å². The summed E-state index contributed by atoms with van der Waals surface area (Å²) in [6.07, 6.45) is 1.53. The Kier molecular flexibility index (Phi) is 6.39. The first-order chi connectivity index (χ1) is 14.2. The molecule has 0 unspecified atom stereocenters. The Bertz CT molecular complexity index is 1090. The van der Waals surface area contributed by atoms with E-state index in [-0.39, 0.29) is 5.57 Å². The van der Waals surface area contributed by atoms with Crippen LogP contribution in [0.2, 0.25) is 0 Å². The first-order valence-corrected chi connectivity index (χ1v) is 8.99. The number of hydrogen-bond acceptors (Lipinski definition) is 4. The molecular weight excluding hydrogens is 360 g/mol. The number of carbonyl (C=O) groups excluding carboxylic acids is 1. The number of benzene rings is 3. The smallest absolute Gasteiger partial charge is 0.267 e. The van der Waals surface area contributed by atoms with Crippen LogP contribution in [0.4, 0.5) is 11.4 Å². The Labute approximate surface area is 169 Å². The minimum absolute atomic E-state index is 0.0578. The quantitative estimate of drug-likeness (QED) is 0.502. The molecule has 0 atom stereocenters. The molecule has 3 rings (SSSR count). The predicted molar refractivity (Wildman–Crippen MR) is 113 cm³/mol. The average Bonchev–Trinajstić information content (AvgIpc) is 2.78. The number of nitrogens with zero attached hydrogens (tertiary/aromatic N) is 3. The van der Waals surface area contributed by atoms with Gasteiger partial charge in [-0.3, -0.25) is 4.79 Å². The van der Waals surface area contributed by atoms with Gasteiger partial charge in [0.15, 0.2) is 0 Å². The van der Waals surface area contributed by atoms with E-state index >= 15 is 0 Å². The van der Waals surface area contributed by atoms with Crippen LogP contribution in [0.5, 0.6) is 0 Å². The first kappa shape index (κ1) is 19.4. The molecule has 0 radical (unpaired) electrons. The highest BCUT2D eigenvalue weighted by Crippen LogP contribution is 2.20. The van der Waals surface area contributed by atoms with Crippen LogP contribution >= 0.6 is 0 Å². The van der Waals surface area contributed by atoms with Gasteiger partial charge < -0.3 is 10.2 Å². The highest BCUT2D eigenvalue weighted by Gasteiger charge is 2.14. The van der Waals surface area contributed by atoms with Crippen LogP contribution in [0.15, 0.2) is 96.7 Å². The summed E-state index contributed by atoms with van der Waals surface area (Å²) in [5.74, 6) is -0.566. The van der Waals surface area contributed by atoms with Gasteiger partial charge in [-0.2, -0.15) is 10.5 Å². The van der Waals surface area contributed by atoms with Gasteiger partial charge in [0.05, 0.1) is 11.3 Å². The minimum Gasteiger partial charge on any atom is -0.342 e.